The van der Waals surface area contributed by atoms with Gasteiger partial charge in [0, 0.05) is 5.41 Å². The van der Waals surface area contributed by atoms with Crippen molar-refractivity contribution in [2.45, 2.75) is 58.9 Å². The highest BCUT2D eigenvalue weighted by molar-refractivity contribution is 6.84. The normalized spacial score (nSPS) is 21.2. The first kappa shape index (κ1) is 17.5. The first-order valence-corrected chi connectivity index (χ1v) is 14.2. The average molecular weight is 309 g/mol. The minimum atomic E-state index is -1.48. The van der Waals surface area contributed by atoms with Gasteiger partial charge in [0.05, 0.1) is 13.2 Å². The Balaban J connectivity index is 3.07. The minimum Gasteiger partial charge on any atom is -0.329 e. The molecule has 2 nitrogen and oxygen atoms in total. The van der Waals surface area contributed by atoms with Gasteiger partial charge in [0.1, 0.15) is 16.1 Å². The maximum absolute atomic E-state index is 5.95. The molecular formula is C16H28O2Si2. The fourth-order valence-electron chi connectivity index (χ4n) is 1.39. The summed E-state index contributed by atoms with van der Waals surface area (Å²) < 4.78 is 11.9. The van der Waals surface area contributed by atoms with Gasteiger partial charge in [-0.15, -0.1) is 11.1 Å². The van der Waals surface area contributed by atoms with Gasteiger partial charge in [-0.05, 0) is 11.8 Å². The lowest BCUT2D eigenvalue weighted by molar-refractivity contribution is -0.234. The molecule has 1 aliphatic heterocycles. The van der Waals surface area contributed by atoms with Crippen LogP contribution in [0.1, 0.15) is 13.8 Å². The zero-order chi connectivity index (χ0) is 15.7. The second kappa shape index (κ2) is 5.69. The first-order valence-electron chi connectivity index (χ1n) is 7.19. The van der Waals surface area contributed by atoms with E-state index >= 15 is 0 Å². The van der Waals surface area contributed by atoms with E-state index in [-0.39, 0.29) is 5.41 Å². The fraction of sp³-hybridized carbons (Fsp3) is 0.750. The predicted molar refractivity (Wildman–Crippen MR) is 90.7 cm³/mol. The standard InChI is InChI=1S/C16H28O2Si2/c1-15(2)13-17-16(18-14-15,9-11-19(3,4)5)10-12-20(6,7)8/h13-14H2,1-8H3. The van der Waals surface area contributed by atoms with E-state index in [0.717, 1.165) is 0 Å². The van der Waals surface area contributed by atoms with Crippen LogP contribution in [0.3, 0.4) is 0 Å². The molecule has 0 saturated carbocycles. The van der Waals surface area contributed by atoms with E-state index in [0.29, 0.717) is 13.2 Å². The largest absolute Gasteiger partial charge is 0.329 e. The molecule has 0 atom stereocenters. The highest BCUT2D eigenvalue weighted by Gasteiger charge is 2.38. The maximum Gasteiger partial charge on any atom is 0.299 e. The zero-order valence-corrected chi connectivity index (χ0v) is 16.2. The van der Waals surface area contributed by atoms with Crippen LogP contribution in [0.25, 0.3) is 0 Å². The molecule has 1 saturated heterocycles. The van der Waals surface area contributed by atoms with Crippen molar-refractivity contribution in [3.8, 4) is 22.9 Å². The van der Waals surface area contributed by atoms with Crippen molar-refractivity contribution >= 4 is 16.1 Å². The van der Waals surface area contributed by atoms with Crippen molar-refractivity contribution in [1.29, 1.82) is 0 Å². The molecule has 0 N–H and O–H groups in total. The van der Waals surface area contributed by atoms with Crippen LogP contribution in [0.2, 0.25) is 39.3 Å². The van der Waals surface area contributed by atoms with Crippen LogP contribution < -0.4 is 0 Å². The van der Waals surface area contributed by atoms with Gasteiger partial charge in [0.25, 0.3) is 5.79 Å². The Labute approximate surface area is 126 Å². The second-order valence-corrected chi connectivity index (χ2v) is 17.9. The third kappa shape index (κ3) is 6.28. The third-order valence-corrected chi connectivity index (χ3v) is 4.29. The summed E-state index contributed by atoms with van der Waals surface area (Å²) in [5.41, 5.74) is 6.73. The predicted octanol–water partition coefficient (Wildman–Crippen LogP) is 3.52. The minimum absolute atomic E-state index is 0.0329. The Morgan fingerprint density at radius 2 is 1.10 bits per heavy atom. The molecule has 0 aromatic carbocycles. The molecule has 4 heteroatoms. The molecule has 1 aliphatic rings. The van der Waals surface area contributed by atoms with Gasteiger partial charge in [0.2, 0.25) is 0 Å². The van der Waals surface area contributed by atoms with Crippen LogP contribution in [0.5, 0.6) is 0 Å². The van der Waals surface area contributed by atoms with Crippen molar-refractivity contribution in [3.63, 3.8) is 0 Å². The molecule has 0 unspecified atom stereocenters. The zero-order valence-electron chi connectivity index (χ0n) is 14.2. The van der Waals surface area contributed by atoms with E-state index in [1.807, 2.05) is 0 Å². The molecule has 0 aliphatic carbocycles. The maximum atomic E-state index is 5.95. The van der Waals surface area contributed by atoms with Gasteiger partial charge < -0.3 is 9.47 Å². The van der Waals surface area contributed by atoms with Crippen molar-refractivity contribution in [2.75, 3.05) is 13.2 Å². The fourth-order valence-corrected chi connectivity index (χ4v) is 2.47. The van der Waals surface area contributed by atoms with Crippen molar-refractivity contribution in [1.82, 2.24) is 0 Å². The summed E-state index contributed by atoms with van der Waals surface area (Å²) >= 11 is 0. The number of rotatable bonds is 0. The number of ether oxygens (including phenoxy) is 2. The summed E-state index contributed by atoms with van der Waals surface area (Å²) in [7, 11) is -2.95. The van der Waals surface area contributed by atoms with Crippen molar-refractivity contribution in [2.24, 2.45) is 5.41 Å². The lowest BCUT2D eigenvalue weighted by Crippen LogP contribution is -2.46. The van der Waals surface area contributed by atoms with Gasteiger partial charge in [0.15, 0.2) is 0 Å². The average Bonchev–Trinajstić information content (AvgIpc) is 2.25. The van der Waals surface area contributed by atoms with Crippen LogP contribution in [0, 0.1) is 28.3 Å². The van der Waals surface area contributed by atoms with Crippen LogP contribution in [0.15, 0.2) is 0 Å². The molecule has 0 aromatic rings. The molecule has 0 spiro atoms. The van der Waals surface area contributed by atoms with Gasteiger partial charge in [-0.2, -0.15) is 0 Å². The monoisotopic (exact) mass is 308 g/mol. The van der Waals surface area contributed by atoms with Gasteiger partial charge in [-0.3, -0.25) is 0 Å². The summed E-state index contributed by atoms with van der Waals surface area (Å²) in [6.07, 6.45) is 0. The first-order chi connectivity index (χ1) is 8.83. The third-order valence-electron chi connectivity index (χ3n) is 2.54. The Morgan fingerprint density at radius 3 is 1.40 bits per heavy atom. The van der Waals surface area contributed by atoms with Crippen LogP contribution >= 0.6 is 0 Å². The van der Waals surface area contributed by atoms with E-state index in [9.17, 15) is 0 Å². The Bertz CT molecular complexity index is 429. The summed E-state index contributed by atoms with van der Waals surface area (Å²) in [6.45, 7) is 18.8. The SMILES string of the molecule is CC1(C)COC(C#C[Si](C)(C)C)(C#C[Si](C)(C)C)OC1. The van der Waals surface area contributed by atoms with Crippen LogP contribution in [0.4, 0.5) is 0 Å². The number of hydrogen-bond donors (Lipinski definition) is 0. The molecular weight excluding hydrogens is 280 g/mol. The summed E-state index contributed by atoms with van der Waals surface area (Å²) in [6, 6.07) is 0. The molecule has 0 bridgehead atoms. The van der Waals surface area contributed by atoms with E-state index in [2.05, 4.69) is 76.1 Å². The van der Waals surface area contributed by atoms with E-state index < -0.39 is 21.9 Å². The van der Waals surface area contributed by atoms with E-state index in [1.54, 1.807) is 0 Å². The van der Waals surface area contributed by atoms with Crippen molar-refractivity contribution < 1.29 is 9.47 Å². The Kier molecular flexibility index (Phi) is 4.99. The topological polar surface area (TPSA) is 18.5 Å². The highest BCUT2D eigenvalue weighted by Crippen LogP contribution is 2.29. The van der Waals surface area contributed by atoms with Crippen LogP contribution in [-0.4, -0.2) is 35.1 Å². The Hall–Kier alpha value is -0.526. The smallest absolute Gasteiger partial charge is 0.299 e. The summed E-state index contributed by atoms with van der Waals surface area (Å²) in [4.78, 5) is 0. The molecule has 20 heavy (non-hydrogen) atoms. The van der Waals surface area contributed by atoms with Crippen molar-refractivity contribution in [3.05, 3.63) is 0 Å². The molecule has 1 heterocycles. The Morgan fingerprint density at radius 1 is 0.750 bits per heavy atom. The molecule has 112 valence electrons. The van der Waals surface area contributed by atoms with E-state index in [1.165, 1.54) is 0 Å². The van der Waals surface area contributed by atoms with Crippen LogP contribution in [-0.2, 0) is 9.47 Å². The molecule has 1 fully saturated rings. The molecule has 0 radical (unpaired) electrons. The van der Waals surface area contributed by atoms with Gasteiger partial charge >= 0.3 is 0 Å². The molecule has 0 aromatic heterocycles. The highest BCUT2D eigenvalue weighted by atomic mass is 28.3. The molecule has 0 amide bonds. The lowest BCUT2D eigenvalue weighted by Gasteiger charge is -2.37. The number of hydrogen-bond acceptors (Lipinski definition) is 2. The van der Waals surface area contributed by atoms with Gasteiger partial charge in [-0.1, -0.05) is 53.1 Å². The van der Waals surface area contributed by atoms with E-state index in [4.69, 9.17) is 9.47 Å². The summed E-state index contributed by atoms with van der Waals surface area (Å²) in [5.74, 6) is 5.40. The van der Waals surface area contributed by atoms with Gasteiger partial charge in [-0.25, -0.2) is 0 Å². The second-order valence-electron chi connectivity index (χ2n) is 8.36. The quantitative estimate of drug-likeness (QED) is 0.503. The molecule has 1 rings (SSSR count). The summed E-state index contributed by atoms with van der Waals surface area (Å²) in [5, 5.41) is 0. The lowest BCUT2D eigenvalue weighted by atomic mass is 9.95.